The molecule has 1 aromatic heterocycles. The second-order valence-electron chi connectivity index (χ2n) is 8.74. The second kappa shape index (κ2) is 6.42. The van der Waals surface area contributed by atoms with Crippen molar-refractivity contribution >= 4 is 22.5 Å². The van der Waals surface area contributed by atoms with Crippen LogP contribution in [0, 0.1) is 25.7 Å². The molecule has 0 saturated heterocycles. The summed E-state index contributed by atoms with van der Waals surface area (Å²) in [6, 6.07) is 8.28. The fraction of sp³-hybridized carbons (Fsp3) is 0.375. The Labute approximate surface area is 175 Å². The summed E-state index contributed by atoms with van der Waals surface area (Å²) in [4.78, 5) is 30.3. The number of nitroso groups, excluding NO2 is 1. The van der Waals surface area contributed by atoms with E-state index in [1.54, 1.807) is 0 Å². The first-order valence-corrected chi connectivity index (χ1v) is 10.4. The summed E-state index contributed by atoms with van der Waals surface area (Å²) in [5.41, 5.74) is 6.45. The molecule has 1 N–H and O–H groups in total. The van der Waals surface area contributed by atoms with Gasteiger partial charge in [0, 0.05) is 35.1 Å². The van der Waals surface area contributed by atoms with Crippen molar-refractivity contribution in [1.29, 1.82) is 0 Å². The van der Waals surface area contributed by atoms with Crippen molar-refractivity contribution < 1.29 is 9.53 Å². The van der Waals surface area contributed by atoms with E-state index in [2.05, 4.69) is 22.3 Å². The van der Waals surface area contributed by atoms with Gasteiger partial charge in [-0.15, -0.1) is 4.91 Å². The van der Waals surface area contributed by atoms with Crippen LogP contribution in [0.3, 0.4) is 0 Å². The Hall–Kier alpha value is -3.15. The summed E-state index contributed by atoms with van der Waals surface area (Å²) in [6.07, 6.45) is 1.27. The van der Waals surface area contributed by atoms with Crippen molar-refractivity contribution in [3.05, 3.63) is 62.7 Å². The van der Waals surface area contributed by atoms with Gasteiger partial charge in [0.1, 0.15) is 11.4 Å². The Balaban J connectivity index is 1.46. The molecule has 2 aliphatic rings. The number of rotatable bonds is 2. The van der Waals surface area contributed by atoms with Crippen molar-refractivity contribution in [3.8, 4) is 5.75 Å². The van der Waals surface area contributed by atoms with E-state index in [1.807, 2.05) is 44.7 Å². The number of ether oxygens (including phenoxy) is 1. The van der Waals surface area contributed by atoms with Gasteiger partial charge in [-0.25, -0.2) is 0 Å². The number of carbonyl (C=O) groups is 1. The molecule has 0 radical (unpaired) electrons. The number of H-pyrrole nitrogens is 1. The van der Waals surface area contributed by atoms with Crippen molar-refractivity contribution in [1.82, 2.24) is 9.88 Å². The topological polar surface area (TPSA) is 74.8 Å². The van der Waals surface area contributed by atoms with Gasteiger partial charge in [-0.1, -0.05) is 18.2 Å². The van der Waals surface area contributed by atoms with Crippen LogP contribution in [-0.2, 0) is 24.2 Å². The molecule has 0 saturated carbocycles. The van der Waals surface area contributed by atoms with Crippen molar-refractivity contribution in [3.63, 3.8) is 0 Å². The molecule has 3 heterocycles. The van der Waals surface area contributed by atoms with Gasteiger partial charge in [0.2, 0.25) is 0 Å². The standard InChI is InChI=1S/C24H25N3O3/c1-13-14(2)22-18(15(3)21(13)26-29)11-24(4,30-22)23(28)27-10-9-17-16-7-5-6-8-19(16)25-20(17)12-27/h5-8,25H,9-12H2,1-4H3. The van der Waals surface area contributed by atoms with Crippen LogP contribution in [0.5, 0.6) is 5.75 Å². The van der Waals surface area contributed by atoms with Crippen molar-refractivity contribution in [2.75, 3.05) is 6.54 Å². The van der Waals surface area contributed by atoms with E-state index in [0.29, 0.717) is 25.2 Å². The molecule has 3 aromatic rings. The molecule has 0 bridgehead atoms. The van der Waals surface area contributed by atoms with Gasteiger partial charge in [0.05, 0.1) is 6.54 Å². The van der Waals surface area contributed by atoms with Gasteiger partial charge in [0.25, 0.3) is 5.91 Å². The summed E-state index contributed by atoms with van der Waals surface area (Å²) in [6.45, 7) is 8.77. The van der Waals surface area contributed by atoms with Crippen LogP contribution in [0.4, 0.5) is 5.69 Å². The molecule has 1 atom stereocenters. The quantitative estimate of drug-likeness (QED) is 0.626. The molecular weight excluding hydrogens is 378 g/mol. The number of aromatic amines is 1. The number of amides is 1. The number of benzene rings is 2. The lowest BCUT2D eigenvalue weighted by molar-refractivity contribution is -0.146. The highest BCUT2D eigenvalue weighted by Gasteiger charge is 2.46. The van der Waals surface area contributed by atoms with E-state index in [4.69, 9.17) is 4.74 Å². The molecule has 6 nitrogen and oxygen atoms in total. The first-order valence-electron chi connectivity index (χ1n) is 10.4. The van der Waals surface area contributed by atoms with E-state index in [-0.39, 0.29) is 5.91 Å². The minimum atomic E-state index is -0.977. The zero-order valence-corrected chi connectivity index (χ0v) is 17.8. The van der Waals surface area contributed by atoms with Gasteiger partial charge in [-0.05, 0) is 67.6 Å². The van der Waals surface area contributed by atoms with Crippen LogP contribution in [0.25, 0.3) is 10.9 Å². The molecule has 1 unspecified atom stereocenters. The maximum atomic E-state index is 13.6. The lowest BCUT2D eigenvalue weighted by atomic mass is 9.91. The fourth-order valence-corrected chi connectivity index (χ4v) is 5.08. The summed E-state index contributed by atoms with van der Waals surface area (Å²) < 4.78 is 6.30. The number of fused-ring (bicyclic) bond motifs is 4. The molecular formula is C24H25N3O3. The number of aromatic nitrogens is 1. The summed E-state index contributed by atoms with van der Waals surface area (Å²) in [7, 11) is 0. The maximum absolute atomic E-state index is 13.6. The molecule has 154 valence electrons. The molecule has 1 amide bonds. The lowest BCUT2D eigenvalue weighted by Crippen LogP contribution is -2.51. The Morgan fingerprint density at radius 1 is 1.13 bits per heavy atom. The van der Waals surface area contributed by atoms with E-state index in [1.165, 1.54) is 10.9 Å². The van der Waals surface area contributed by atoms with E-state index < -0.39 is 5.60 Å². The molecule has 0 spiro atoms. The summed E-state index contributed by atoms with van der Waals surface area (Å²) >= 11 is 0. The van der Waals surface area contributed by atoms with Crippen molar-refractivity contribution in [2.45, 2.75) is 52.7 Å². The number of carbonyl (C=O) groups excluding carboxylic acids is 1. The number of nitrogens with one attached hydrogen (secondary N) is 1. The van der Waals surface area contributed by atoms with Gasteiger partial charge in [-0.2, -0.15) is 0 Å². The minimum absolute atomic E-state index is 0.0138. The third kappa shape index (κ3) is 2.52. The molecule has 6 heteroatoms. The fourth-order valence-electron chi connectivity index (χ4n) is 5.08. The number of hydrogen-bond donors (Lipinski definition) is 1. The molecule has 5 rings (SSSR count). The van der Waals surface area contributed by atoms with Gasteiger partial charge in [-0.3, -0.25) is 4.79 Å². The number of nitrogens with zero attached hydrogens (tertiary/aromatic N) is 2. The second-order valence-corrected chi connectivity index (χ2v) is 8.74. The highest BCUT2D eigenvalue weighted by molar-refractivity contribution is 5.89. The molecule has 30 heavy (non-hydrogen) atoms. The predicted molar refractivity (Wildman–Crippen MR) is 116 cm³/mol. The molecule has 2 aromatic carbocycles. The highest BCUT2D eigenvalue weighted by Crippen LogP contribution is 2.46. The Morgan fingerprint density at radius 2 is 1.90 bits per heavy atom. The normalized spacial score (nSPS) is 20.1. The third-order valence-electron chi connectivity index (χ3n) is 6.90. The zero-order chi connectivity index (χ0) is 21.2. The maximum Gasteiger partial charge on any atom is 0.267 e. The Morgan fingerprint density at radius 3 is 2.67 bits per heavy atom. The SMILES string of the molecule is Cc1c(C)c2c(c(C)c1N=O)CC(C)(C(=O)N1CCc3c([nH]c4ccccc34)C1)O2. The summed E-state index contributed by atoms with van der Waals surface area (Å²) in [5, 5.41) is 4.47. The van der Waals surface area contributed by atoms with Crippen LogP contribution >= 0.6 is 0 Å². The average molecular weight is 403 g/mol. The van der Waals surface area contributed by atoms with Crippen LogP contribution in [0.15, 0.2) is 29.4 Å². The lowest BCUT2D eigenvalue weighted by Gasteiger charge is -2.33. The first-order chi connectivity index (χ1) is 14.3. The number of para-hydroxylation sites is 1. The smallest absolute Gasteiger partial charge is 0.267 e. The Bertz CT molecular complexity index is 1230. The zero-order valence-electron chi connectivity index (χ0n) is 17.8. The van der Waals surface area contributed by atoms with Crippen LogP contribution in [-0.4, -0.2) is 27.9 Å². The van der Waals surface area contributed by atoms with E-state index >= 15 is 0 Å². The van der Waals surface area contributed by atoms with Crippen molar-refractivity contribution in [2.24, 2.45) is 5.18 Å². The highest BCUT2D eigenvalue weighted by atomic mass is 16.5. The summed E-state index contributed by atoms with van der Waals surface area (Å²) in [5.74, 6) is 0.719. The van der Waals surface area contributed by atoms with Gasteiger partial charge < -0.3 is 14.6 Å². The van der Waals surface area contributed by atoms with Crippen LogP contribution in [0.1, 0.15) is 40.4 Å². The first kappa shape index (κ1) is 18.9. The monoisotopic (exact) mass is 403 g/mol. The average Bonchev–Trinajstić information content (AvgIpc) is 3.30. The molecule has 2 aliphatic heterocycles. The van der Waals surface area contributed by atoms with E-state index in [9.17, 15) is 9.70 Å². The minimum Gasteiger partial charge on any atom is -0.477 e. The van der Waals surface area contributed by atoms with Gasteiger partial charge >= 0.3 is 0 Å². The van der Waals surface area contributed by atoms with Crippen LogP contribution in [0.2, 0.25) is 0 Å². The number of hydrogen-bond acceptors (Lipinski definition) is 4. The van der Waals surface area contributed by atoms with E-state index in [0.717, 1.165) is 45.6 Å². The van der Waals surface area contributed by atoms with Gasteiger partial charge in [0.15, 0.2) is 5.60 Å². The Kier molecular flexibility index (Phi) is 4.04. The van der Waals surface area contributed by atoms with Crippen LogP contribution < -0.4 is 4.74 Å². The third-order valence-corrected chi connectivity index (χ3v) is 6.90. The predicted octanol–water partition coefficient (Wildman–Crippen LogP) is 4.77. The molecule has 0 aliphatic carbocycles. The largest absolute Gasteiger partial charge is 0.477 e. The molecule has 0 fully saturated rings.